The lowest BCUT2D eigenvalue weighted by Crippen LogP contribution is -2.51. The van der Waals surface area contributed by atoms with Crippen molar-refractivity contribution in [2.45, 2.75) is 69.7 Å². The number of nitrogens with zero attached hydrogens (tertiary/aromatic N) is 1. The van der Waals surface area contributed by atoms with E-state index in [2.05, 4.69) is 6.58 Å². The van der Waals surface area contributed by atoms with Crippen LogP contribution >= 0.6 is 0 Å². The van der Waals surface area contributed by atoms with Crippen molar-refractivity contribution in [1.82, 2.24) is 4.90 Å². The molecule has 0 radical (unpaired) electrons. The number of hydrogen-bond donors (Lipinski definition) is 1. The van der Waals surface area contributed by atoms with Crippen molar-refractivity contribution < 1.29 is 33.6 Å². The summed E-state index contributed by atoms with van der Waals surface area (Å²) in [5.74, 6) is -0.268. The molecule has 2 aliphatic rings. The van der Waals surface area contributed by atoms with Gasteiger partial charge >= 0.3 is 5.97 Å². The van der Waals surface area contributed by atoms with Crippen LogP contribution in [0, 0.1) is 5.92 Å². The number of phenols is 1. The van der Waals surface area contributed by atoms with Crippen LogP contribution in [-0.2, 0) is 19.1 Å². The minimum Gasteiger partial charge on any atom is -0.502 e. The average molecular weight is 504 g/mol. The molecule has 8 heteroatoms. The van der Waals surface area contributed by atoms with Gasteiger partial charge in [-0.05, 0) is 55.7 Å². The van der Waals surface area contributed by atoms with Gasteiger partial charge in [-0.3, -0.25) is 4.79 Å². The Morgan fingerprint density at radius 1 is 1.06 bits per heavy atom. The highest BCUT2D eigenvalue weighted by molar-refractivity contribution is 5.89. The summed E-state index contributed by atoms with van der Waals surface area (Å²) in [4.78, 5) is 29.0. The molecule has 3 rings (SSSR count). The van der Waals surface area contributed by atoms with E-state index in [4.69, 9.17) is 18.9 Å². The third-order valence-corrected chi connectivity index (χ3v) is 7.22. The second-order valence-corrected chi connectivity index (χ2v) is 9.58. The minimum atomic E-state index is -0.590. The molecular formula is C28H41NO7. The Morgan fingerprint density at radius 3 is 2.36 bits per heavy atom. The van der Waals surface area contributed by atoms with Crippen LogP contribution in [0.1, 0.15) is 69.3 Å². The highest BCUT2D eigenvalue weighted by atomic mass is 16.5. The van der Waals surface area contributed by atoms with Gasteiger partial charge in [0.2, 0.25) is 11.7 Å². The number of piperidine rings is 1. The van der Waals surface area contributed by atoms with Crippen LogP contribution in [-0.4, -0.2) is 68.5 Å². The number of carbonyl (C=O) groups is 2. The third-order valence-electron chi connectivity index (χ3n) is 7.22. The lowest BCUT2D eigenvalue weighted by atomic mass is 9.75. The van der Waals surface area contributed by atoms with Gasteiger partial charge in [0.25, 0.3) is 0 Å². The van der Waals surface area contributed by atoms with E-state index in [1.165, 1.54) is 14.2 Å². The number of hydrogen-bond acceptors (Lipinski definition) is 7. The normalized spacial score (nSPS) is 19.4. The standard InChI is InChI=1S/C28H41NO7/c1-4-15-35-16-10-17-36-28(32)22-13-8-9-14-29(22)27(31)25(20-11-6-5-7-12-20)21-18-23(33-2)26(30)24(19-21)34-3/h4,18-20,22,25,30H,1,5-17H2,2-3H3/t22-,25-/m0/s1. The van der Waals surface area contributed by atoms with E-state index < -0.39 is 12.0 Å². The summed E-state index contributed by atoms with van der Waals surface area (Å²) < 4.78 is 21.7. The predicted octanol–water partition coefficient (Wildman–Crippen LogP) is 4.59. The number of carbonyl (C=O) groups excluding carboxylic acids is 2. The Bertz CT molecular complexity index is 856. The number of esters is 1. The molecule has 8 nitrogen and oxygen atoms in total. The molecule has 0 spiro atoms. The summed E-state index contributed by atoms with van der Waals surface area (Å²) in [6.45, 7) is 5.35. The van der Waals surface area contributed by atoms with Gasteiger partial charge in [-0.25, -0.2) is 4.79 Å². The summed E-state index contributed by atoms with van der Waals surface area (Å²) in [5.41, 5.74) is 0.746. The van der Waals surface area contributed by atoms with Crippen LogP contribution in [0.5, 0.6) is 17.2 Å². The molecule has 2 atom stereocenters. The topological polar surface area (TPSA) is 94.5 Å². The zero-order valence-electron chi connectivity index (χ0n) is 21.7. The van der Waals surface area contributed by atoms with Gasteiger partial charge in [-0.1, -0.05) is 25.3 Å². The van der Waals surface area contributed by atoms with Crippen LogP contribution in [0.15, 0.2) is 24.8 Å². The molecule has 1 saturated heterocycles. The van der Waals surface area contributed by atoms with Crippen LogP contribution in [0.2, 0.25) is 0 Å². The molecule has 1 amide bonds. The molecule has 1 saturated carbocycles. The fourth-order valence-corrected chi connectivity index (χ4v) is 5.39. The third kappa shape index (κ3) is 6.93. The molecule has 0 aromatic heterocycles. The van der Waals surface area contributed by atoms with Crippen LogP contribution < -0.4 is 9.47 Å². The van der Waals surface area contributed by atoms with Gasteiger partial charge < -0.3 is 29.0 Å². The fourth-order valence-electron chi connectivity index (χ4n) is 5.39. The molecule has 1 aliphatic carbocycles. The minimum absolute atomic E-state index is 0.0623. The Labute approximate surface area is 214 Å². The second kappa shape index (κ2) is 14.1. The first-order chi connectivity index (χ1) is 17.5. The van der Waals surface area contributed by atoms with E-state index in [0.717, 1.165) is 50.5 Å². The summed E-state index contributed by atoms with van der Waals surface area (Å²) in [7, 11) is 2.96. The Hall–Kier alpha value is -2.74. The predicted molar refractivity (Wildman–Crippen MR) is 136 cm³/mol. The lowest BCUT2D eigenvalue weighted by molar-refractivity contribution is -0.158. The van der Waals surface area contributed by atoms with E-state index >= 15 is 0 Å². The van der Waals surface area contributed by atoms with E-state index in [1.54, 1.807) is 23.1 Å². The highest BCUT2D eigenvalue weighted by Crippen LogP contribution is 2.44. The van der Waals surface area contributed by atoms with Crippen LogP contribution in [0.25, 0.3) is 0 Å². The smallest absolute Gasteiger partial charge is 0.328 e. The van der Waals surface area contributed by atoms with Gasteiger partial charge in [0.1, 0.15) is 6.04 Å². The average Bonchev–Trinajstić information content (AvgIpc) is 2.91. The monoisotopic (exact) mass is 503 g/mol. The molecule has 1 N–H and O–H groups in total. The summed E-state index contributed by atoms with van der Waals surface area (Å²) in [5, 5.41) is 10.4. The number of ether oxygens (including phenoxy) is 4. The zero-order chi connectivity index (χ0) is 25.9. The van der Waals surface area contributed by atoms with Crippen molar-refractivity contribution in [2.24, 2.45) is 5.92 Å². The Kier molecular flexibility index (Phi) is 10.9. The Morgan fingerprint density at radius 2 is 1.72 bits per heavy atom. The number of aromatic hydroxyl groups is 1. The molecule has 2 fully saturated rings. The number of amides is 1. The number of likely N-dealkylation sites (tertiary alicyclic amines) is 1. The van der Waals surface area contributed by atoms with Crippen molar-refractivity contribution in [3.8, 4) is 17.2 Å². The van der Waals surface area contributed by atoms with Gasteiger partial charge in [0.05, 0.1) is 40.0 Å². The molecule has 0 bridgehead atoms. The van der Waals surface area contributed by atoms with Crippen molar-refractivity contribution >= 4 is 11.9 Å². The van der Waals surface area contributed by atoms with Crippen LogP contribution in [0.4, 0.5) is 0 Å². The van der Waals surface area contributed by atoms with Crippen molar-refractivity contribution in [1.29, 1.82) is 0 Å². The SMILES string of the molecule is C=CCOCCCOC(=O)[C@@H]1CCCCN1C(=O)[C@H](c1cc(OC)c(O)c(OC)c1)C1CCCCC1. The van der Waals surface area contributed by atoms with Gasteiger partial charge in [0.15, 0.2) is 11.5 Å². The summed E-state index contributed by atoms with van der Waals surface area (Å²) >= 11 is 0. The Balaban J connectivity index is 1.83. The molecule has 1 aromatic carbocycles. The van der Waals surface area contributed by atoms with Crippen molar-refractivity contribution in [3.63, 3.8) is 0 Å². The number of methoxy groups -OCH3 is 2. The van der Waals surface area contributed by atoms with E-state index in [1.807, 2.05) is 0 Å². The van der Waals surface area contributed by atoms with E-state index in [9.17, 15) is 14.7 Å². The molecular weight excluding hydrogens is 462 g/mol. The number of rotatable bonds is 12. The molecule has 36 heavy (non-hydrogen) atoms. The molecule has 200 valence electrons. The van der Waals surface area contributed by atoms with Gasteiger partial charge in [-0.2, -0.15) is 0 Å². The maximum absolute atomic E-state index is 14.2. The van der Waals surface area contributed by atoms with Crippen molar-refractivity contribution in [3.05, 3.63) is 30.4 Å². The first-order valence-electron chi connectivity index (χ1n) is 13.1. The first-order valence-corrected chi connectivity index (χ1v) is 13.1. The van der Waals surface area contributed by atoms with Crippen LogP contribution in [0.3, 0.4) is 0 Å². The fraction of sp³-hybridized carbons (Fsp3) is 0.643. The second-order valence-electron chi connectivity index (χ2n) is 9.58. The number of benzene rings is 1. The summed E-state index contributed by atoms with van der Waals surface area (Å²) in [6.07, 6.45) is 9.78. The number of phenolic OH excluding ortho intramolecular Hbond substituents is 1. The van der Waals surface area contributed by atoms with E-state index in [0.29, 0.717) is 32.6 Å². The molecule has 0 unspecified atom stereocenters. The maximum atomic E-state index is 14.2. The van der Waals surface area contributed by atoms with Gasteiger partial charge in [-0.15, -0.1) is 6.58 Å². The van der Waals surface area contributed by atoms with Crippen molar-refractivity contribution in [2.75, 3.05) is 40.6 Å². The largest absolute Gasteiger partial charge is 0.502 e. The van der Waals surface area contributed by atoms with E-state index in [-0.39, 0.29) is 41.6 Å². The summed E-state index contributed by atoms with van der Waals surface area (Å²) in [6, 6.07) is 2.87. The molecule has 1 heterocycles. The molecule has 1 aliphatic heterocycles. The molecule has 1 aromatic rings. The lowest BCUT2D eigenvalue weighted by Gasteiger charge is -2.39. The van der Waals surface area contributed by atoms with Gasteiger partial charge in [0, 0.05) is 13.0 Å². The quantitative estimate of drug-likeness (QED) is 0.253. The highest BCUT2D eigenvalue weighted by Gasteiger charge is 2.40. The first kappa shape index (κ1) is 27.8. The maximum Gasteiger partial charge on any atom is 0.328 e. The zero-order valence-corrected chi connectivity index (χ0v) is 21.7.